The Balaban J connectivity index is 1.80. The van der Waals surface area contributed by atoms with Crippen molar-refractivity contribution in [3.8, 4) is 0 Å². The molecule has 0 aromatic carbocycles. The second kappa shape index (κ2) is 8.01. The third kappa shape index (κ3) is 4.61. The first-order chi connectivity index (χ1) is 9.81. The van der Waals surface area contributed by atoms with Crippen LogP contribution < -0.4 is 5.32 Å². The SMILES string of the molecule is C=CCNc1nnc(SCc2nc(CCCC)no2)s1. The van der Waals surface area contributed by atoms with Crippen LogP contribution in [0.25, 0.3) is 0 Å². The Morgan fingerprint density at radius 3 is 3.15 bits per heavy atom. The number of unbranched alkanes of at least 4 members (excludes halogenated alkanes) is 1. The number of hydrogen-bond donors (Lipinski definition) is 1. The number of thioether (sulfide) groups is 1. The van der Waals surface area contributed by atoms with Crippen molar-refractivity contribution in [2.75, 3.05) is 11.9 Å². The standard InChI is InChI=1S/C12H17N5OS2/c1-3-5-6-9-14-10(18-17-9)8-19-12-16-15-11(20-12)13-7-4-2/h4H,2-3,5-8H2,1H3,(H,13,15). The highest BCUT2D eigenvalue weighted by Gasteiger charge is 2.09. The van der Waals surface area contributed by atoms with Gasteiger partial charge in [0.2, 0.25) is 11.0 Å². The Hall–Kier alpha value is -1.41. The molecule has 6 nitrogen and oxygen atoms in total. The van der Waals surface area contributed by atoms with Gasteiger partial charge in [0, 0.05) is 13.0 Å². The molecule has 20 heavy (non-hydrogen) atoms. The van der Waals surface area contributed by atoms with E-state index in [9.17, 15) is 0 Å². The molecule has 2 aromatic heterocycles. The van der Waals surface area contributed by atoms with Gasteiger partial charge in [-0.05, 0) is 6.42 Å². The van der Waals surface area contributed by atoms with E-state index in [0.29, 0.717) is 18.2 Å². The lowest BCUT2D eigenvalue weighted by Crippen LogP contribution is -1.96. The van der Waals surface area contributed by atoms with E-state index in [4.69, 9.17) is 4.52 Å². The zero-order valence-corrected chi connectivity index (χ0v) is 13.0. The molecule has 0 radical (unpaired) electrons. The van der Waals surface area contributed by atoms with E-state index < -0.39 is 0 Å². The lowest BCUT2D eigenvalue weighted by Gasteiger charge is -1.93. The van der Waals surface area contributed by atoms with Crippen molar-refractivity contribution in [2.24, 2.45) is 0 Å². The quantitative estimate of drug-likeness (QED) is 0.563. The summed E-state index contributed by atoms with van der Waals surface area (Å²) >= 11 is 3.05. The molecule has 8 heteroatoms. The summed E-state index contributed by atoms with van der Waals surface area (Å²) in [6.45, 7) is 6.47. The van der Waals surface area contributed by atoms with Gasteiger partial charge in [0.15, 0.2) is 10.2 Å². The number of anilines is 1. The molecular weight excluding hydrogens is 294 g/mol. The minimum atomic E-state index is 0.620. The summed E-state index contributed by atoms with van der Waals surface area (Å²) < 4.78 is 6.08. The predicted octanol–water partition coefficient (Wildman–Crippen LogP) is 3.15. The Morgan fingerprint density at radius 2 is 2.35 bits per heavy atom. The van der Waals surface area contributed by atoms with Crippen LogP contribution in [0, 0.1) is 0 Å². The van der Waals surface area contributed by atoms with Gasteiger partial charge in [0.1, 0.15) is 0 Å². The molecule has 0 spiro atoms. The maximum absolute atomic E-state index is 5.20. The number of aryl methyl sites for hydroxylation is 1. The second-order valence-electron chi connectivity index (χ2n) is 4.04. The van der Waals surface area contributed by atoms with Gasteiger partial charge in [0.25, 0.3) is 0 Å². The van der Waals surface area contributed by atoms with Crippen LogP contribution in [0.3, 0.4) is 0 Å². The molecule has 0 amide bonds. The molecule has 0 aliphatic heterocycles. The molecular formula is C12H17N5OS2. The van der Waals surface area contributed by atoms with Crippen LogP contribution in [0.5, 0.6) is 0 Å². The van der Waals surface area contributed by atoms with Crippen molar-refractivity contribution in [3.63, 3.8) is 0 Å². The van der Waals surface area contributed by atoms with Gasteiger partial charge in [0.05, 0.1) is 5.75 Å². The molecule has 108 valence electrons. The van der Waals surface area contributed by atoms with Crippen LogP contribution in [-0.2, 0) is 12.2 Å². The number of hydrogen-bond acceptors (Lipinski definition) is 8. The van der Waals surface area contributed by atoms with Crippen LogP contribution in [0.2, 0.25) is 0 Å². The summed E-state index contributed by atoms with van der Waals surface area (Å²) in [4.78, 5) is 4.35. The summed E-state index contributed by atoms with van der Waals surface area (Å²) in [6, 6.07) is 0. The number of rotatable bonds is 9. The fourth-order valence-corrected chi connectivity index (χ4v) is 3.00. The van der Waals surface area contributed by atoms with Gasteiger partial charge in [-0.2, -0.15) is 4.98 Å². The Labute approximate surface area is 126 Å². The molecule has 1 N–H and O–H groups in total. The van der Waals surface area contributed by atoms with E-state index in [1.54, 1.807) is 17.8 Å². The second-order valence-corrected chi connectivity index (χ2v) is 6.24. The summed E-state index contributed by atoms with van der Waals surface area (Å²) in [6.07, 6.45) is 4.87. The Bertz CT molecular complexity index is 539. The Kier molecular flexibility index (Phi) is 6.00. The molecule has 2 heterocycles. The van der Waals surface area contributed by atoms with Crippen LogP contribution >= 0.6 is 23.1 Å². The van der Waals surface area contributed by atoms with Crippen molar-refractivity contribution in [3.05, 3.63) is 24.4 Å². The largest absolute Gasteiger partial charge is 0.357 e. The molecule has 0 saturated heterocycles. The zero-order chi connectivity index (χ0) is 14.2. The normalized spacial score (nSPS) is 10.7. The summed E-state index contributed by atoms with van der Waals surface area (Å²) in [7, 11) is 0. The van der Waals surface area contributed by atoms with Crippen LogP contribution in [-0.4, -0.2) is 26.9 Å². The van der Waals surface area contributed by atoms with Crippen LogP contribution in [0.15, 0.2) is 21.5 Å². The first kappa shape index (κ1) is 15.0. The highest BCUT2D eigenvalue weighted by Crippen LogP contribution is 2.27. The van der Waals surface area contributed by atoms with Crippen molar-refractivity contribution < 1.29 is 4.52 Å². The van der Waals surface area contributed by atoms with E-state index in [0.717, 1.165) is 34.6 Å². The van der Waals surface area contributed by atoms with Gasteiger partial charge in [-0.3, -0.25) is 0 Å². The number of nitrogens with one attached hydrogen (secondary N) is 1. The molecule has 0 atom stereocenters. The van der Waals surface area contributed by atoms with E-state index >= 15 is 0 Å². The summed E-state index contributed by atoms with van der Waals surface area (Å²) in [5.74, 6) is 2.04. The van der Waals surface area contributed by atoms with Gasteiger partial charge >= 0.3 is 0 Å². The number of aromatic nitrogens is 4. The van der Waals surface area contributed by atoms with Gasteiger partial charge in [-0.15, -0.1) is 16.8 Å². The van der Waals surface area contributed by atoms with Gasteiger partial charge in [-0.1, -0.05) is 47.7 Å². The van der Waals surface area contributed by atoms with Gasteiger partial charge in [-0.25, -0.2) is 0 Å². The fourth-order valence-electron chi connectivity index (χ4n) is 1.41. The van der Waals surface area contributed by atoms with E-state index in [1.165, 1.54) is 11.3 Å². The Morgan fingerprint density at radius 1 is 1.45 bits per heavy atom. The van der Waals surface area contributed by atoms with Crippen molar-refractivity contribution in [1.82, 2.24) is 20.3 Å². The molecule has 0 unspecified atom stereocenters. The van der Waals surface area contributed by atoms with Crippen LogP contribution in [0.4, 0.5) is 5.13 Å². The first-order valence-electron chi connectivity index (χ1n) is 6.44. The summed E-state index contributed by atoms with van der Waals surface area (Å²) in [5.41, 5.74) is 0. The maximum atomic E-state index is 5.20. The number of nitrogens with zero attached hydrogens (tertiary/aromatic N) is 4. The molecule has 0 fully saturated rings. The third-order valence-electron chi connectivity index (χ3n) is 2.39. The van der Waals surface area contributed by atoms with E-state index in [-0.39, 0.29) is 0 Å². The van der Waals surface area contributed by atoms with Crippen molar-refractivity contribution in [1.29, 1.82) is 0 Å². The molecule has 0 saturated carbocycles. The van der Waals surface area contributed by atoms with Gasteiger partial charge < -0.3 is 9.84 Å². The van der Waals surface area contributed by atoms with E-state index in [1.807, 2.05) is 0 Å². The van der Waals surface area contributed by atoms with Crippen LogP contribution in [0.1, 0.15) is 31.5 Å². The van der Waals surface area contributed by atoms with Crippen molar-refractivity contribution in [2.45, 2.75) is 36.3 Å². The lowest BCUT2D eigenvalue weighted by molar-refractivity contribution is 0.384. The topological polar surface area (TPSA) is 76.7 Å². The third-order valence-corrected chi connectivity index (χ3v) is 4.39. The molecule has 0 aliphatic rings. The predicted molar refractivity (Wildman–Crippen MR) is 81.1 cm³/mol. The van der Waals surface area contributed by atoms with Crippen molar-refractivity contribution >= 4 is 28.2 Å². The minimum Gasteiger partial charge on any atom is -0.357 e. The maximum Gasteiger partial charge on any atom is 0.237 e. The first-order valence-corrected chi connectivity index (χ1v) is 8.24. The fraction of sp³-hybridized carbons (Fsp3) is 0.500. The smallest absolute Gasteiger partial charge is 0.237 e. The molecule has 2 rings (SSSR count). The van der Waals surface area contributed by atoms with E-state index in [2.05, 4.69) is 39.2 Å². The molecule has 0 bridgehead atoms. The molecule has 0 aliphatic carbocycles. The zero-order valence-electron chi connectivity index (χ0n) is 11.3. The average molecular weight is 311 g/mol. The average Bonchev–Trinajstić information content (AvgIpc) is 3.10. The highest BCUT2D eigenvalue weighted by atomic mass is 32.2. The minimum absolute atomic E-state index is 0.620. The highest BCUT2D eigenvalue weighted by molar-refractivity contribution is 8.00. The molecule has 2 aromatic rings. The monoisotopic (exact) mass is 311 g/mol. The summed E-state index contributed by atoms with van der Waals surface area (Å²) in [5, 5.41) is 16.0. The lowest BCUT2D eigenvalue weighted by atomic mass is 10.2.